The first-order chi connectivity index (χ1) is 9.56. The van der Waals surface area contributed by atoms with Crippen molar-refractivity contribution in [2.45, 2.75) is 33.2 Å². The SMILES string of the molecule is Cc1nc(CN(C)C(=O)CCc2ccccc2C)n[nH]1. The molecular weight excluding hydrogens is 252 g/mol. The molecule has 0 aliphatic heterocycles. The molecule has 1 aromatic heterocycles. The molecule has 0 saturated carbocycles. The van der Waals surface area contributed by atoms with Gasteiger partial charge in [-0.25, -0.2) is 4.98 Å². The number of hydrogen-bond acceptors (Lipinski definition) is 3. The Morgan fingerprint density at radius 1 is 1.30 bits per heavy atom. The zero-order valence-corrected chi connectivity index (χ0v) is 12.2. The third-order valence-corrected chi connectivity index (χ3v) is 3.32. The predicted octanol–water partition coefficient (Wildman–Crippen LogP) is 2.01. The van der Waals surface area contributed by atoms with Gasteiger partial charge in [0.1, 0.15) is 5.82 Å². The van der Waals surface area contributed by atoms with Crippen molar-refractivity contribution in [3.8, 4) is 0 Å². The Bertz CT molecular complexity index is 591. The van der Waals surface area contributed by atoms with Gasteiger partial charge in [-0.3, -0.25) is 9.89 Å². The van der Waals surface area contributed by atoms with Crippen LogP contribution in [0.3, 0.4) is 0 Å². The molecule has 5 heteroatoms. The number of aromatic nitrogens is 3. The van der Waals surface area contributed by atoms with Gasteiger partial charge in [0.05, 0.1) is 6.54 Å². The van der Waals surface area contributed by atoms with Crippen LogP contribution < -0.4 is 0 Å². The van der Waals surface area contributed by atoms with E-state index >= 15 is 0 Å². The number of amides is 1. The summed E-state index contributed by atoms with van der Waals surface area (Å²) in [5.74, 6) is 1.52. The third-order valence-electron chi connectivity index (χ3n) is 3.32. The zero-order valence-electron chi connectivity index (χ0n) is 12.2. The smallest absolute Gasteiger partial charge is 0.223 e. The fourth-order valence-electron chi connectivity index (χ4n) is 2.08. The number of nitrogens with one attached hydrogen (secondary N) is 1. The van der Waals surface area contributed by atoms with Crippen LogP contribution >= 0.6 is 0 Å². The molecule has 0 bridgehead atoms. The molecule has 5 nitrogen and oxygen atoms in total. The topological polar surface area (TPSA) is 61.9 Å². The number of rotatable bonds is 5. The van der Waals surface area contributed by atoms with E-state index in [0.29, 0.717) is 18.8 Å². The molecule has 0 spiro atoms. The molecule has 0 atom stereocenters. The first-order valence-electron chi connectivity index (χ1n) is 6.72. The molecule has 1 aromatic carbocycles. The van der Waals surface area contributed by atoms with Gasteiger partial charge in [0, 0.05) is 13.5 Å². The molecule has 0 radical (unpaired) electrons. The lowest BCUT2D eigenvalue weighted by Crippen LogP contribution is -2.27. The van der Waals surface area contributed by atoms with E-state index in [2.05, 4.69) is 34.2 Å². The first kappa shape index (κ1) is 14.2. The van der Waals surface area contributed by atoms with Crippen molar-refractivity contribution in [3.05, 3.63) is 47.0 Å². The Kier molecular flexibility index (Phi) is 4.50. The average molecular weight is 272 g/mol. The van der Waals surface area contributed by atoms with E-state index in [0.717, 1.165) is 12.2 Å². The lowest BCUT2D eigenvalue weighted by molar-refractivity contribution is -0.130. The maximum absolute atomic E-state index is 12.1. The van der Waals surface area contributed by atoms with Gasteiger partial charge in [-0.1, -0.05) is 24.3 Å². The number of H-pyrrole nitrogens is 1. The number of carbonyl (C=O) groups is 1. The first-order valence-corrected chi connectivity index (χ1v) is 6.72. The summed E-state index contributed by atoms with van der Waals surface area (Å²) in [5.41, 5.74) is 2.45. The third kappa shape index (κ3) is 3.66. The van der Waals surface area contributed by atoms with Gasteiger partial charge >= 0.3 is 0 Å². The van der Waals surface area contributed by atoms with Crippen LogP contribution in [0.4, 0.5) is 0 Å². The second-order valence-electron chi connectivity index (χ2n) is 5.01. The number of carbonyl (C=O) groups excluding carboxylic acids is 1. The van der Waals surface area contributed by atoms with Crippen molar-refractivity contribution >= 4 is 5.91 Å². The molecule has 0 aliphatic rings. The monoisotopic (exact) mass is 272 g/mol. The minimum Gasteiger partial charge on any atom is -0.338 e. The van der Waals surface area contributed by atoms with Crippen molar-refractivity contribution in [2.75, 3.05) is 7.05 Å². The Balaban J connectivity index is 1.87. The summed E-state index contributed by atoms with van der Waals surface area (Å²) in [6.07, 6.45) is 1.27. The highest BCUT2D eigenvalue weighted by atomic mass is 16.2. The average Bonchev–Trinajstić information content (AvgIpc) is 2.82. The molecular formula is C15H20N4O. The molecule has 2 aromatic rings. The van der Waals surface area contributed by atoms with Gasteiger partial charge in [0.2, 0.25) is 5.91 Å². The summed E-state index contributed by atoms with van der Waals surface area (Å²) < 4.78 is 0. The Labute approximate surface area is 119 Å². The van der Waals surface area contributed by atoms with E-state index in [-0.39, 0.29) is 5.91 Å². The Morgan fingerprint density at radius 3 is 2.70 bits per heavy atom. The number of nitrogens with zero attached hydrogens (tertiary/aromatic N) is 3. The summed E-state index contributed by atoms with van der Waals surface area (Å²) in [4.78, 5) is 18.0. The number of benzene rings is 1. The van der Waals surface area contributed by atoms with Crippen LogP contribution in [-0.4, -0.2) is 33.0 Å². The van der Waals surface area contributed by atoms with Crippen LogP contribution in [0.2, 0.25) is 0 Å². The van der Waals surface area contributed by atoms with Crippen molar-refractivity contribution in [2.24, 2.45) is 0 Å². The van der Waals surface area contributed by atoms with Crippen molar-refractivity contribution in [3.63, 3.8) is 0 Å². The molecule has 20 heavy (non-hydrogen) atoms. The van der Waals surface area contributed by atoms with Gasteiger partial charge in [-0.15, -0.1) is 0 Å². The van der Waals surface area contributed by atoms with Crippen LogP contribution in [0.15, 0.2) is 24.3 Å². The maximum Gasteiger partial charge on any atom is 0.223 e. The molecule has 0 saturated heterocycles. The Hall–Kier alpha value is -2.17. The largest absolute Gasteiger partial charge is 0.338 e. The molecule has 1 amide bonds. The minimum atomic E-state index is 0.107. The van der Waals surface area contributed by atoms with E-state index in [1.54, 1.807) is 11.9 Å². The van der Waals surface area contributed by atoms with Crippen LogP contribution in [0, 0.1) is 13.8 Å². The molecule has 0 unspecified atom stereocenters. The molecule has 1 N–H and O–H groups in total. The summed E-state index contributed by atoms with van der Waals surface area (Å²) in [7, 11) is 1.78. The van der Waals surface area contributed by atoms with Crippen molar-refractivity contribution < 1.29 is 4.79 Å². The van der Waals surface area contributed by atoms with Crippen LogP contribution in [0.5, 0.6) is 0 Å². The molecule has 0 fully saturated rings. The predicted molar refractivity (Wildman–Crippen MR) is 77.1 cm³/mol. The summed E-state index contributed by atoms with van der Waals surface area (Å²) >= 11 is 0. The van der Waals surface area contributed by atoms with Gasteiger partial charge in [-0.2, -0.15) is 5.10 Å². The summed E-state index contributed by atoms with van der Waals surface area (Å²) in [6.45, 7) is 4.35. The van der Waals surface area contributed by atoms with Gasteiger partial charge in [0.15, 0.2) is 5.82 Å². The Morgan fingerprint density at radius 2 is 2.05 bits per heavy atom. The van der Waals surface area contributed by atoms with Crippen LogP contribution in [-0.2, 0) is 17.8 Å². The summed E-state index contributed by atoms with van der Waals surface area (Å²) in [6, 6.07) is 8.16. The second-order valence-corrected chi connectivity index (χ2v) is 5.01. The van der Waals surface area contributed by atoms with Gasteiger partial charge in [-0.05, 0) is 31.4 Å². The van der Waals surface area contributed by atoms with E-state index in [4.69, 9.17) is 0 Å². The standard InChI is InChI=1S/C15H20N4O/c1-11-6-4-5-7-13(11)8-9-15(20)19(3)10-14-16-12(2)17-18-14/h4-7H,8-10H2,1-3H3,(H,16,17,18). The van der Waals surface area contributed by atoms with E-state index in [1.165, 1.54) is 11.1 Å². The molecule has 2 rings (SSSR count). The number of aromatic amines is 1. The lowest BCUT2D eigenvalue weighted by Gasteiger charge is -2.15. The van der Waals surface area contributed by atoms with E-state index in [9.17, 15) is 4.79 Å². The van der Waals surface area contributed by atoms with Gasteiger partial charge in [0.25, 0.3) is 0 Å². The van der Waals surface area contributed by atoms with E-state index < -0.39 is 0 Å². The minimum absolute atomic E-state index is 0.107. The maximum atomic E-state index is 12.1. The van der Waals surface area contributed by atoms with E-state index in [1.807, 2.05) is 19.1 Å². The quantitative estimate of drug-likeness (QED) is 0.905. The van der Waals surface area contributed by atoms with Crippen molar-refractivity contribution in [1.29, 1.82) is 0 Å². The number of aryl methyl sites for hydroxylation is 3. The fourth-order valence-corrected chi connectivity index (χ4v) is 2.08. The highest BCUT2D eigenvalue weighted by Crippen LogP contribution is 2.10. The molecule has 0 aliphatic carbocycles. The number of hydrogen-bond donors (Lipinski definition) is 1. The van der Waals surface area contributed by atoms with Crippen LogP contribution in [0.25, 0.3) is 0 Å². The lowest BCUT2D eigenvalue weighted by atomic mass is 10.0. The molecule has 1 heterocycles. The fraction of sp³-hybridized carbons (Fsp3) is 0.400. The van der Waals surface area contributed by atoms with Gasteiger partial charge < -0.3 is 4.90 Å². The van der Waals surface area contributed by atoms with Crippen LogP contribution in [0.1, 0.15) is 29.2 Å². The molecule has 106 valence electrons. The van der Waals surface area contributed by atoms with Crippen molar-refractivity contribution in [1.82, 2.24) is 20.1 Å². The normalized spacial score (nSPS) is 10.6. The summed E-state index contributed by atoms with van der Waals surface area (Å²) in [5, 5.41) is 6.82. The zero-order chi connectivity index (χ0) is 14.5. The second kappa shape index (κ2) is 6.32. The highest BCUT2D eigenvalue weighted by Gasteiger charge is 2.12. The highest BCUT2D eigenvalue weighted by molar-refractivity contribution is 5.76.